The summed E-state index contributed by atoms with van der Waals surface area (Å²) in [5, 5.41) is 0. The molecule has 0 aliphatic rings. The lowest BCUT2D eigenvalue weighted by Crippen LogP contribution is -2.04. The van der Waals surface area contributed by atoms with Crippen LogP contribution >= 0.6 is 15.9 Å². The monoisotopic (exact) mass is 253 g/mol. The maximum absolute atomic E-state index is 11.5. The molecule has 0 amide bonds. The Morgan fingerprint density at radius 3 is 2.93 bits per heavy atom. The molecule has 0 saturated heterocycles. The van der Waals surface area contributed by atoms with Gasteiger partial charge in [0.2, 0.25) is 5.78 Å². The summed E-state index contributed by atoms with van der Waals surface area (Å²) < 4.78 is 5.82. The second kappa shape index (κ2) is 4.77. The van der Waals surface area contributed by atoms with Crippen molar-refractivity contribution < 1.29 is 9.53 Å². The van der Waals surface area contributed by atoms with Crippen molar-refractivity contribution in [2.24, 2.45) is 0 Å². The number of ketones is 1. The molecule has 0 fully saturated rings. The van der Waals surface area contributed by atoms with Crippen molar-refractivity contribution in [3.05, 3.63) is 39.7 Å². The largest absolute Gasteiger partial charge is 0.496 e. The molecule has 0 N–H and O–H groups in total. The van der Waals surface area contributed by atoms with E-state index in [1.165, 1.54) is 7.11 Å². The first-order chi connectivity index (χ1) is 6.69. The molecule has 0 radical (unpaired) electrons. The topological polar surface area (TPSA) is 30.7 Å². The third-order valence-corrected chi connectivity index (χ3v) is 2.18. The van der Waals surface area contributed by atoms with Gasteiger partial charge in [-0.2, -0.15) is 0 Å². The molecule has 0 atom stereocenters. The molecular weight excluding hydrogens is 246 g/mol. The Hall–Kier alpha value is -1.34. The Labute approximate surface area is 90.6 Å². The molecule has 3 nitrogen and oxygen atoms in total. The number of carbonyl (C=O) groups is 1. The standard InChI is InChI=1S/C10H8BrNO2/c1-12-6-9(13)8-5-7(11)3-4-10(8)14-2/h3-5H,6H2,2H3. The number of Topliss-reactive ketones (excluding diaryl/α,β-unsaturated/α-hetero) is 1. The summed E-state index contributed by atoms with van der Waals surface area (Å²) >= 11 is 3.26. The molecule has 4 heteroatoms. The van der Waals surface area contributed by atoms with Crippen LogP contribution in [0.15, 0.2) is 22.7 Å². The van der Waals surface area contributed by atoms with Crippen molar-refractivity contribution in [2.45, 2.75) is 0 Å². The molecule has 1 rings (SSSR count). The van der Waals surface area contributed by atoms with Gasteiger partial charge in [-0.1, -0.05) is 15.9 Å². The van der Waals surface area contributed by atoms with Gasteiger partial charge in [0.05, 0.1) is 12.7 Å². The molecule has 1 aromatic rings. The highest BCUT2D eigenvalue weighted by molar-refractivity contribution is 9.10. The lowest BCUT2D eigenvalue weighted by atomic mass is 10.1. The first-order valence-corrected chi connectivity index (χ1v) is 4.68. The minimum Gasteiger partial charge on any atom is -0.496 e. The fraction of sp³-hybridized carbons (Fsp3) is 0.200. The van der Waals surface area contributed by atoms with Crippen LogP contribution in [-0.2, 0) is 0 Å². The third kappa shape index (κ3) is 2.33. The van der Waals surface area contributed by atoms with Crippen molar-refractivity contribution in [1.82, 2.24) is 0 Å². The van der Waals surface area contributed by atoms with Gasteiger partial charge >= 0.3 is 0 Å². The van der Waals surface area contributed by atoms with E-state index >= 15 is 0 Å². The van der Waals surface area contributed by atoms with Crippen molar-refractivity contribution in [3.63, 3.8) is 0 Å². The van der Waals surface area contributed by atoms with Crippen LogP contribution in [0.4, 0.5) is 0 Å². The van der Waals surface area contributed by atoms with E-state index in [1.54, 1.807) is 18.2 Å². The molecule has 0 unspecified atom stereocenters. The summed E-state index contributed by atoms with van der Waals surface area (Å²) in [5.41, 5.74) is 0.442. The van der Waals surface area contributed by atoms with E-state index in [0.717, 1.165) is 4.47 Å². The van der Waals surface area contributed by atoms with Crippen molar-refractivity contribution in [3.8, 4) is 5.75 Å². The molecular formula is C10H8BrNO2. The normalized spacial score (nSPS) is 9.21. The van der Waals surface area contributed by atoms with Crippen LogP contribution in [0.25, 0.3) is 4.85 Å². The van der Waals surface area contributed by atoms with Gasteiger partial charge in [-0.3, -0.25) is 4.79 Å². The Bertz CT molecular complexity index is 396. The molecule has 0 aliphatic carbocycles. The summed E-state index contributed by atoms with van der Waals surface area (Å²) in [7, 11) is 1.50. The predicted molar refractivity (Wildman–Crippen MR) is 56.5 cm³/mol. The van der Waals surface area contributed by atoms with Crippen LogP contribution in [-0.4, -0.2) is 19.4 Å². The first-order valence-electron chi connectivity index (χ1n) is 3.89. The van der Waals surface area contributed by atoms with Crippen LogP contribution in [0.2, 0.25) is 0 Å². The lowest BCUT2D eigenvalue weighted by Gasteiger charge is -2.04. The second-order valence-electron chi connectivity index (χ2n) is 2.58. The summed E-state index contributed by atoms with van der Waals surface area (Å²) in [5.74, 6) is 0.278. The van der Waals surface area contributed by atoms with Gasteiger partial charge in [0.1, 0.15) is 5.75 Å². The highest BCUT2D eigenvalue weighted by Gasteiger charge is 2.14. The Balaban J connectivity index is 3.11. The van der Waals surface area contributed by atoms with E-state index in [-0.39, 0.29) is 12.3 Å². The van der Waals surface area contributed by atoms with Crippen molar-refractivity contribution >= 4 is 21.7 Å². The van der Waals surface area contributed by atoms with Gasteiger partial charge in [0.25, 0.3) is 6.54 Å². The van der Waals surface area contributed by atoms with E-state index < -0.39 is 0 Å². The van der Waals surface area contributed by atoms with Crippen LogP contribution in [0.5, 0.6) is 5.75 Å². The molecule has 72 valence electrons. The van der Waals surface area contributed by atoms with Crippen LogP contribution < -0.4 is 4.74 Å². The van der Waals surface area contributed by atoms with Gasteiger partial charge in [-0.25, -0.2) is 6.57 Å². The number of benzene rings is 1. The number of hydrogen-bond donors (Lipinski definition) is 0. The molecule has 1 aromatic carbocycles. The molecule has 14 heavy (non-hydrogen) atoms. The van der Waals surface area contributed by atoms with E-state index in [2.05, 4.69) is 20.8 Å². The summed E-state index contributed by atoms with van der Waals surface area (Å²) in [6.45, 7) is 6.47. The Morgan fingerprint density at radius 1 is 1.64 bits per heavy atom. The maximum atomic E-state index is 11.5. The highest BCUT2D eigenvalue weighted by Crippen LogP contribution is 2.23. The number of methoxy groups -OCH3 is 1. The quantitative estimate of drug-likeness (QED) is 0.613. The third-order valence-electron chi connectivity index (χ3n) is 1.68. The summed E-state index contributed by atoms with van der Waals surface area (Å²) in [6.07, 6.45) is 0. The van der Waals surface area contributed by atoms with Gasteiger partial charge < -0.3 is 9.58 Å². The molecule has 0 heterocycles. The zero-order valence-electron chi connectivity index (χ0n) is 7.58. The summed E-state index contributed by atoms with van der Waals surface area (Å²) in [4.78, 5) is 14.5. The Kier molecular flexibility index (Phi) is 3.66. The van der Waals surface area contributed by atoms with Crippen molar-refractivity contribution in [1.29, 1.82) is 0 Å². The van der Waals surface area contributed by atoms with Crippen LogP contribution in [0.3, 0.4) is 0 Å². The average molecular weight is 254 g/mol. The minimum absolute atomic E-state index is 0.146. The minimum atomic E-state index is -0.224. The number of hydrogen-bond acceptors (Lipinski definition) is 2. The zero-order chi connectivity index (χ0) is 10.6. The smallest absolute Gasteiger partial charge is 0.276 e. The van der Waals surface area contributed by atoms with Crippen LogP contribution in [0.1, 0.15) is 10.4 Å². The molecule has 0 bridgehead atoms. The van der Waals surface area contributed by atoms with Gasteiger partial charge in [0, 0.05) is 4.47 Å². The highest BCUT2D eigenvalue weighted by atomic mass is 79.9. The molecule has 0 aliphatic heterocycles. The number of nitrogens with zero attached hydrogens (tertiary/aromatic N) is 1. The fourth-order valence-corrected chi connectivity index (χ4v) is 1.42. The molecule has 0 saturated carbocycles. The van der Waals surface area contributed by atoms with Gasteiger partial charge in [-0.15, -0.1) is 0 Å². The van der Waals surface area contributed by atoms with E-state index in [9.17, 15) is 4.79 Å². The number of rotatable bonds is 3. The van der Waals surface area contributed by atoms with Gasteiger partial charge in [-0.05, 0) is 18.2 Å². The van der Waals surface area contributed by atoms with E-state index in [0.29, 0.717) is 11.3 Å². The van der Waals surface area contributed by atoms with Crippen LogP contribution in [0, 0.1) is 6.57 Å². The molecule has 0 aromatic heterocycles. The lowest BCUT2D eigenvalue weighted by molar-refractivity contribution is 0.101. The SMILES string of the molecule is [C-]#[N+]CC(=O)c1cc(Br)ccc1OC. The average Bonchev–Trinajstić information content (AvgIpc) is 2.18. The van der Waals surface area contributed by atoms with Gasteiger partial charge in [0.15, 0.2) is 0 Å². The second-order valence-corrected chi connectivity index (χ2v) is 3.50. The number of halogens is 1. The number of ether oxygens (including phenoxy) is 1. The summed E-state index contributed by atoms with van der Waals surface area (Å²) in [6, 6.07) is 5.14. The zero-order valence-corrected chi connectivity index (χ0v) is 9.17. The predicted octanol–water partition coefficient (Wildman–Crippen LogP) is 2.56. The number of carbonyl (C=O) groups excluding carboxylic acids is 1. The fourth-order valence-electron chi connectivity index (χ4n) is 1.06. The molecule has 0 spiro atoms. The van der Waals surface area contributed by atoms with Crippen molar-refractivity contribution in [2.75, 3.05) is 13.7 Å². The first kappa shape index (κ1) is 10.7. The van der Waals surface area contributed by atoms with E-state index in [1.807, 2.05) is 0 Å². The maximum Gasteiger partial charge on any atom is 0.276 e. The Morgan fingerprint density at radius 2 is 2.36 bits per heavy atom. The van der Waals surface area contributed by atoms with E-state index in [4.69, 9.17) is 11.3 Å².